The number of nitrogens with one attached hydrogen (secondary N) is 1. The molecule has 6 heteroatoms. The Morgan fingerprint density at radius 2 is 2.00 bits per heavy atom. The molecule has 0 aliphatic heterocycles. The Labute approximate surface area is 153 Å². The van der Waals surface area contributed by atoms with Gasteiger partial charge in [-0.25, -0.2) is 10.1 Å². The van der Waals surface area contributed by atoms with Gasteiger partial charge >= 0.3 is 0 Å². The van der Waals surface area contributed by atoms with Crippen LogP contribution in [0.15, 0.2) is 45.8 Å². The lowest BCUT2D eigenvalue weighted by atomic mass is 10.0. The molecular formula is C20H26N4O2. The van der Waals surface area contributed by atoms with Gasteiger partial charge in [0.25, 0.3) is 11.5 Å². The molecule has 1 heterocycles. The maximum absolute atomic E-state index is 12.4. The van der Waals surface area contributed by atoms with Crippen molar-refractivity contribution in [2.24, 2.45) is 18.1 Å². The van der Waals surface area contributed by atoms with Crippen LogP contribution in [0.5, 0.6) is 0 Å². The monoisotopic (exact) mass is 354 g/mol. The van der Waals surface area contributed by atoms with E-state index in [1.54, 1.807) is 30.5 Å². The van der Waals surface area contributed by atoms with E-state index in [1.165, 1.54) is 17.3 Å². The number of rotatable bonds is 7. The predicted molar refractivity (Wildman–Crippen MR) is 105 cm³/mol. The van der Waals surface area contributed by atoms with Crippen LogP contribution in [-0.4, -0.2) is 21.9 Å². The van der Waals surface area contributed by atoms with E-state index in [2.05, 4.69) is 42.5 Å². The Morgan fingerprint density at radius 1 is 1.31 bits per heavy atom. The van der Waals surface area contributed by atoms with Gasteiger partial charge in [0.05, 0.1) is 5.39 Å². The lowest BCUT2D eigenvalue weighted by Gasteiger charge is -2.07. The van der Waals surface area contributed by atoms with Gasteiger partial charge in [0, 0.05) is 18.6 Å². The van der Waals surface area contributed by atoms with Gasteiger partial charge in [-0.05, 0) is 45.1 Å². The summed E-state index contributed by atoms with van der Waals surface area (Å²) in [6.07, 6.45) is 6.87. The highest BCUT2D eigenvalue weighted by Crippen LogP contribution is 2.13. The summed E-state index contributed by atoms with van der Waals surface area (Å²) in [5.74, 6) is 0.0630. The average molecular weight is 354 g/mol. The molecule has 26 heavy (non-hydrogen) atoms. The summed E-state index contributed by atoms with van der Waals surface area (Å²) in [6.45, 7) is 6.35. The molecule has 1 aromatic heterocycles. The van der Waals surface area contributed by atoms with Crippen molar-refractivity contribution in [1.82, 2.24) is 15.2 Å². The molecule has 1 atom stereocenters. The van der Waals surface area contributed by atoms with Crippen LogP contribution in [-0.2, 0) is 7.05 Å². The number of nitrogens with zero attached hydrogens (tertiary/aromatic N) is 3. The van der Waals surface area contributed by atoms with E-state index >= 15 is 0 Å². The van der Waals surface area contributed by atoms with Crippen molar-refractivity contribution in [2.45, 2.75) is 40.0 Å². The lowest BCUT2D eigenvalue weighted by molar-refractivity contribution is 0.0949. The zero-order valence-corrected chi connectivity index (χ0v) is 15.8. The van der Waals surface area contributed by atoms with Crippen molar-refractivity contribution < 1.29 is 4.79 Å². The number of allylic oxidation sites excluding steroid dienone is 2. The summed E-state index contributed by atoms with van der Waals surface area (Å²) < 4.78 is 1.17. The number of carbonyl (C=O) groups is 1. The third kappa shape index (κ3) is 5.12. The van der Waals surface area contributed by atoms with Crippen LogP contribution in [0.1, 0.15) is 50.5 Å². The molecule has 0 spiro atoms. The van der Waals surface area contributed by atoms with Crippen molar-refractivity contribution in [2.75, 3.05) is 0 Å². The quantitative estimate of drug-likeness (QED) is 0.470. The summed E-state index contributed by atoms with van der Waals surface area (Å²) in [4.78, 5) is 24.5. The van der Waals surface area contributed by atoms with Gasteiger partial charge in [0.15, 0.2) is 5.69 Å². The summed E-state index contributed by atoms with van der Waals surface area (Å²) in [6, 6.07) is 6.94. The summed E-state index contributed by atoms with van der Waals surface area (Å²) >= 11 is 0. The molecule has 0 unspecified atom stereocenters. The number of aromatic nitrogens is 2. The first kappa shape index (κ1) is 19.6. The fourth-order valence-corrected chi connectivity index (χ4v) is 2.63. The second-order valence-electron chi connectivity index (χ2n) is 6.78. The van der Waals surface area contributed by atoms with Crippen LogP contribution < -0.4 is 11.0 Å². The Hall–Kier alpha value is -2.76. The van der Waals surface area contributed by atoms with Crippen molar-refractivity contribution in [3.63, 3.8) is 0 Å². The maximum Gasteiger partial charge on any atom is 0.292 e. The van der Waals surface area contributed by atoms with Crippen LogP contribution in [0.3, 0.4) is 0 Å². The zero-order chi connectivity index (χ0) is 19.1. The van der Waals surface area contributed by atoms with E-state index in [1.807, 2.05) is 0 Å². The molecule has 0 saturated carbocycles. The Kier molecular flexibility index (Phi) is 6.83. The van der Waals surface area contributed by atoms with E-state index in [-0.39, 0.29) is 11.3 Å². The molecule has 2 rings (SSSR count). The number of amides is 1. The van der Waals surface area contributed by atoms with Crippen molar-refractivity contribution in [1.29, 1.82) is 0 Å². The van der Waals surface area contributed by atoms with Crippen molar-refractivity contribution in [3.05, 3.63) is 52.0 Å². The van der Waals surface area contributed by atoms with Gasteiger partial charge < -0.3 is 0 Å². The fraction of sp³-hybridized carbons (Fsp3) is 0.400. The molecular weight excluding hydrogens is 328 g/mol. The van der Waals surface area contributed by atoms with E-state index < -0.39 is 5.91 Å². The topological polar surface area (TPSA) is 76.3 Å². The Morgan fingerprint density at radius 3 is 2.69 bits per heavy atom. The number of hydrazone groups is 1. The summed E-state index contributed by atoms with van der Waals surface area (Å²) in [5, 5.41) is 9.10. The summed E-state index contributed by atoms with van der Waals surface area (Å²) in [5.41, 5.74) is 3.80. The number of benzene rings is 1. The molecule has 0 aliphatic carbocycles. The highest BCUT2D eigenvalue weighted by molar-refractivity contribution is 6.04. The van der Waals surface area contributed by atoms with Crippen LogP contribution >= 0.6 is 0 Å². The van der Waals surface area contributed by atoms with Crippen LogP contribution in [0.25, 0.3) is 10.8 Å². The molecule has 2 aromatic rings. The van der Waals surface area contributed by atoms with Crippen LogP contribution in [0.2, 0.25) is 0 Å². The van der Waals surface area contributed by atoms with Gasteiger partial charge in [-0.15, -0.1) is 0 Å². The molecule has 1 aromatic carbocycles. The molecule has 1 N–H and O–H groups in total. The van der Waals surface area contributed by atoms with Gasteiger partial charge in [-0.2, -0.15) is 10.2 Å². The normalized spacial score (nSPS) is 12.3. The minimum Gasteiger partial charge on any atom is -0.267 e. The van der Waals surface area contributed by atoms with Gasteiger partial charge in [0.1, 0.15) is 0 Å². The van der Waals surface area contributed by atoms with E-state index in [0.717, 1.165) is 19.3 Å². The van der Waals surface area contributed by atoms with Crippen molar-refractivity contribution in [3.8, 4) is 0 Å². The SMILES string of the molecule is CC(C)=CCC[C@@H](C)C/C=N\NC(=O)c1nn(C)c(=O)c2ccccc12. The second kappa shape index (κ2) is 9.08. The van der Waals surface area contributed by atoms with E-state index in [0.29, 0.717) is 16.7 Å². The molecule has 0 aliphatic rings. The number of hydrogen-bond donors (Lipinski definition) is 1. The van der Waals surface area contributed by atoms with E-state index in [4.69, 9.17) is 0 Å². The highest BCUT2D eigenvalue weighted by atomic mass is 16.2. The number of hydrogen-bond acceptors (Lipinski definition) is 4. The highest BCUT2D eigenvalue weighted by Gasteiger charge is 2.14. The maximum atomic E-state index is 12.4. The molecule has 0 bridgehead atoms. The first-order valence-corrected chi connectivity index (χ1v) is 8.81. The number of fused-ring (bicyclic) bond motifs is 1. The minimum atomic E-state index is -0.426. The summed E-state index contributed by atoms with van der Waals surface area (Å²) in [7, 11) is 1.53. The molecule has 0 fully saturated rings. The van der Waals surface area contributed by atoms with E-state index in [9.17, 15) is 9.59 Å². The van der Waals surface area contributed by atoms with Gasteiger partial charge in [0.2, 0.25) is 0 Å². The average Bonchev–Trinajstić information content (AvgIpc) is 2.61. The molecule has 6 nitrogen and oxygen atoms in total. The third-order valence-electron chi connectivity index (χ3n) is 4.15. The standard InChI is InChI=1S/C20H26N4O2/c1-14(2)8-7-9-15(3)12-13-21-22-19(25)18-16-10-5-6-11-17(16)20(26)24(4)23-18/h5-6,8,10-11,13,15H,7,9,12H2,1-4H3,(H,22,25)/b21-13-/t15-/m1/s1. The smallest absolute Gasteiger partial charge is 0.267 e. The molecule has 1 amide bonds. The first-order chi connectivity index (χ1) is 12.4. The number of carbonyl (C=O) groups excluding carboxylic acids is 1. The number of aryl methyl sites for hydroxylation is 1. The first-order valence-electron chi connectivity index (χ1n) is 8.81. The Bertz CT molecular complexity index is 892. The van der Waals surface area contributed by atoms with Crippen LogP contribution in [0.4, 0.5) is 0 Å². The predicted octanol–water partition coefficient (Wildman–Crippen LogP) is 3.42. The third-order valence-corrected chi connectivity index (χ3v) is 4.15. The molecule has 138 valence electrons. The largest absolute Gasteiger partial charge is 0.292 e. The van der Waals surface area contributed by atoms with Gasteiger partial charge in [-0.3, -0.25) is 9.59 Å². The zero-order valence-electron chi connectivity index (χ0n) is 15.8. The second-order valence-corrected chi connectivity index (χ2v) is 6.78. The minimum absolute atomic E-state index is 0.191. The van der Waals surface area contributed by atoms with Crippen molar-refractivity contribution >= 4 is 22.9 Å². The lowest BCUT2D eigenvalue weighted by Crippen LogP contribution is -2.27. The molecule has 0 radical (unpaired) electrons. The van der Waals surface area contributed by atoms with Crippen LogP contribution in [0, 0.1) is 5.92 Å². The van der Waals surface area contributed by atoms with Gasteiger partial charge in [-0.1, -0.05) is 36.8 Å². The molecule has 0 saturated heterocycles. The fourth-order valence-electron chi connectivity index (χ4n) is 2.63. The Balaban J connectivity index is 2.00.